The average molecular weight is 395 g/mol. The van der Waals surface area contributed by atoms with Crippen molar-refractivity contribution in [1.82, 2.24) is 15.0 Å². The molecule has 1 amide bonds. The maximum Gasteiger partial charge on any atom is 0.254 e. The number of fused-ring (bicyclic) bond motifs is 1. The number of pyridine rings is 1. The van der Waals surface area contributed by atoms with Gasteiger partial charge in [0.05, 0.1) is 5.56 Å². The van der Waals surface area contributed by atoms with Gasteiger partial charge in [-0.3, -0.25) is 9.78 Å². The van der Waals surface area contributed by atoms with Gasteiger partial charge < -0.3 is 16.4 Å². The highest BCUT2D eigenvalue weighted by molar-refractivity contribution is 5.97. The zero-order valence-electron chi connectivity index (χ0n) is 17.2. The fraction of sp³-hybridized carbons (Fsp3) is 0.545. The highest BCUT2D eigenvalue weighted by atomic mass is 16.1. The van der Waals surface area contributed by atoms with E-state index in [1.807, 2.05) is 12.3 Å². The van der Waals surface area contributed by atoms with Gasteiger partial charge in [0.25, 0.3) is 5.91 Å². The molecule has 2 aliphatic rings. The normalized spacial score (nSPS) is 23.1. The molecule has 2 heterocycles. The van der Waals surface area contributed by atoms with E-state index in [1.165, 1.54) is 30.3 Å². The summed E-state index contributed by atoms with van der Waals surface area (Å²) in [4.78, 5) is 25.4. The standard InChI is InChI=1S/C22H30N6O/c1-22(2)9-3-6-16(12-22)26-20-17(19(23)29)13-25-21(28-20)27-15-7-8-18-14(11-15)5-4-10-24-18/h4-5,10,13,15-16H,3,6-9,11-12H2,1-2H3,(H2,23,29)(H2,25,26,27,28)/t15-,16-/m1/s1. The van der Waals surface area contributed by atoms with E-state index in [0.717, 1.165) is 32.1 Å². The van der Waals surface area contributed by atoms with Crippen molar-refractivity contribution in [3.63, 3.8) is 0 Å². The van der Waals surface area contributed by atoms with Crippen LogP contribution < -0.4 is 16.4 Å². The number of carbonyl (C=O) groups is 1. The molecule has 154 valence electrons. The third-order valence-corrected chi connectivity index (χ3v) is 6.11. The molecule has 0 unspecified atom stereocenters. The number of aromatic nitrogens is 3. The average Bonchev–Trinajstić information content (AvgIpc) is 2.67. The van der Waals surface area contributed by atoms with E-state index in [4.69, 9.17) is 5.73 Å². The molecule has 1 saturated carbocycles. The summed E-state index contributed by atoms with van der Waals surface area (Å²) in [5.74, 6) is 0.562. The minimum Gasteiger partial charge on any atom is -0.366 e. The Morgan fingerprint density at radius 2 is 2.07 bits per heavy atom. The summed E-state index contributed by atoms with van der Waals surface area (Å²) >= 11 is 0. The quantitative estimate of drug-likeness (QED) is 0.718. The van der Waals surface area contributed by atoms with Crippen LogP contribution in [0.25, 0.3) is 0 Å². The van der Waals surface area contributed by atoms with E-state index in [1.54, 1.807) is 0 Å². The molecule has 1 fully saturated rings. The van der Waals surface area contributed by atoms with Gasteiger partial charge in [-0.05, 0) is 55.6 Å². The van der Waals surface area contributed by atoms with E-state index in [-0.39, 0.29) is 12.1 Å². The summed E-state index contributed by atoms with van der Waals surface area (Å²) in [6.07, 6.45) is 10.7. The number of nitrogens with two attached hydrogens (primary N) is 1. The van der Waals surface area contributed by atoms with Crippen molar-refractivity contribution in [3.05, 3.63) is 41.3 Å². The van der Waals surface area contributed by atoms with Crippen LogP contribution in [0.15, 0.2) is 24.5 Å². The Hall–Kier alpha value is -2.70. The van der Waals surface area contributed by atoms with Crippen molar-refractivity contribution in [1.29, 1.82) is 0 Å². The molecule has 7 heteroatoms. The lowest BCUT2D eigenvalue weighted by Gasteiger charge is -2.36. The van der Waals surface area contributed by atoms with Crippen LogP contribution in [0.5, 0.6) is 0 Å². The fourth-order valence-electron chi connectivity index (χ4n) is 4.62. The Morgan fingerprint density at radius 3 is 2.86 bits per heavy atom. The molecule has 0 aliphatic heterocycles. The summed E-state index contributed by atoms with van der Waals surface area (Å²) < 4.78 is 0. The largest absolute Gasteiger partial charge is 0.366 e. The molecule has 2 aromatic rings. The molecule has 2 atom stereocenters. The molecule has 7 nitrogen and oxygen atoms in total. The lowest BCUT2D eigenvalue weighted by Crippen LogP contribution is -2.33. The maximum absolute atomic E-state index is 11.9. The van der Waals surface area contributed by atoms with Crippen molar-refractivity contribution in [3.8, 4) is 0 Å². The van der Waals surface area contributed by atoms with E-state index in [2.05, 4.69) is 45.5 Å². The number of anilines is 2. The number of aryl methyl sites for hydroxylation is 1. The lowest BCUT2D eigenvalue weighted by molar-refractivity contribution is 0.100. The predicted molar refractivity (Wildman–Crippen MR) is 114 cm³/mol. The first-order chi connectivity index (χ1) is 13.9. The van der Waals surface area contributed by atoms with Gasteiger partial charge in [-0.25, -0.2) is 4.98 Å². The van der Waals surface area contributed by atoms with Crippen LogP contribution in [-0.4, -0.2) is 32.9 Å². The Labute approximate surface area is 171 Å². The number of nitrogens with zero attached hydrogens (tertiary/aromatic N) is 3. The highest BCUT2D eigenvalue weighted by Gasteiger charge is 2.29. The van der Waals surface area contributed by atoms with Gasteiger partial charge in [0.2, 0.25) is 5.95 Å². The second-order valence-corrected chi connectivity index (χ2v) is 9.12. The molecule has 0 aromatic carbocycles. The van der Waals surface area contributed by atoms with Crippen LogP contribution in [0.4, 0.5) is 11.8 Å². The lowest BCUT2D eigenvalue weighted by atomic mass is 9.75. The SMILES string of the molecule is CC1(C)CCC[C@@H](Nc2nc(N[C@@H]3CCc4ncccc4C3)ncc2C(N)=O)C1. The Balaban J connectivity index is 1.50. The van der Waals surface area contributed by atoms with E-state index >= 15 is 0 Å². The van der Waals surface area contributed by atoms with Crippen molar-refractivity contribution < 1.29 is 4.79 Å². The minimum absolute atomic E-state index is 0.243. The van der Waals surface area contributed by atoms with Crippen LogP contribution in [0.2, 0.25) is 0 Å². The smallest absolute Gasteiger partial charge is 0.254 e. The molecule has 0 bridgehead atoms. The summed E-state index contributed by atoms with van der Waals surface area (Å²) in [5.41, 5.74) is 8.66. The first-order valence-corrected chi connectivity index (χ1v) is 10.5. The van der Waals surface area contributed by atoms with Crippen LogP contribution in [0.3, 0.4) is 0 Å². The number of carbonyl (C=O) groups excluding carboxylic acids is 1. The van der Waals surface area contributed by atoms with Gasteiger partial charge in [0.1, 0.15) is 5.82 Å². The van der Waals surface area contributed by atoms with E-state index in [0.29, 0.717) is 22.7 Å². The second kappa shape index (κ2) is 7.97. The molecule has 0 spiro atoms. The Bertz CT molecular complexity index is 897. The molecule has 4 rings (SSSR count). The summed E-state index contributed by atoms with van der Waals surface area (Å²) in [7, 11) is 0. The molecule has 0 radical (unpaired) electrons. The number of hydrogen-bond donors (Lipinski definition) is 3. The number of primary amides is 1. The van der Waals surface area contributed by atoms with E-state index < -0.39 is 5.91 Å². The Kier molecular flexibility index (Phi) is 5.39. The third kappa shape index (κ3) is 4.66. The van der Waals surface area contributed by atoms with Crippen molar-refractivity contribution in [2.75, 3.05) is 10.6 Å². The zero-order valence-corrected chi connectivity index (χ0v) is 17.2. The van der Waals surface area contributed by atoms with Gasteiger partial charge >= 0.3 is 0 Å². The zero-order chi connectivity index (χ0) is 20.4. The first kappa shape index (κ1) is 19.6. The summed E-state index contributed by atoms with van der Waals surface area (Å²) in [6, 6.07) is 4.64. The number of hydrogen-bond acceptors (Lipinski definition) is 6. The number of rotatable bonds is 5. The topological polar surface area (TPSA) is 106 Å². The van der Waals surface area contributed by atoms with Gasteiger partial charge in [0.15, 0.2) is 0 Å². The van der Waals surface area contributed by atoms with E-state index in [9.17, 15) is 4.79 Å². The fourth-order valence-corrected chi connectivity index (χ4v) is 4.62. The van der Waals surface area contributed by atoms with Crippen molar-refractivity contribution in [2.45, 2.75) is 70.9 Å². The Morgan fingerprint density at radius 1 is 1.21 bits per heavy atom. The molecular formula is C22H30N6O. The molecule has 4 N–H and O–H groups in total. The molecular weight excluding hydrogens is 364 g/mol. The van der Waals surface area contributed by atoms with Gasteiger partial charge in [-0.1, -0.05) is 26.3 Å². The minimum atomic E-state index is -0.508. The maximum atomic E-state index is 11.9. The predicted octanol–water partition coefficient (Wildman–Crippen LogP) is 3.32. The van der Waals surface area contributed by atoms with Gasteiger partial charge in [-0.15, -0.1) is 0 Å². The summed E-state index contributed by atoms with van der Waals surface area (Å²) in [5, 5.41) is 6.92. The van der Waals surface area contributed by atoms with Crippen molar-refractivity contribution >= 4 is 17.7 Å². The van der Waals surface area contributed by atoms with Crippen LogP contribution in [-0.2, 0) is 12.8 Å². The van der Waals surface area contributed by atoms with Gasteiger partial charge in [-0.2, -0.15) is 4.98 Å². The van der Waals surface area contributed by atoms with Crippen LogP contribution >= 0.6 is 0 Å². The van der Waals surface area contributed by atoms with Gasteiger partial charge in [0, 0.05) is 30.2 Å². The molecule has 0 saturated heterocycles. The molecule has 29 heavy (non-hydrogen) atoms. The highest BCUT2D eigenvalue weighted by Crippen LogP contribution is 2.36. The monoisotopic (exact) mass is 394 g/mol. The second-order valence-electron chi connectivity index (χ2n) is 9.12. The van der Waals surface area contributed by atoms with Crippen molar-refractivity contribution in [2.24, 2.45) is 11.1 Å². The summed E-state index contributed by atoms with van der Waals surface area (Å²) in [6.45, 7) is 4.58. The molecule has 2 aromatic heterocycles. The number of nitrogens with one attached hydrogen (secondary N) is 2. The number of amides is 1. The van der Waals surface area contributed by atoms with Crippen LogP contribution in [0.1, 0.15) is 67.6 Å². The van der Waals surface area contributed by atoms with Crippen LogP contribution in [0, 0.1) is 5.41 Å². The molecule has 2 aliphatic carbocycles. The third-order valence-electron chi connectivity index (χ3n) is 6.11. The first-order valence-electron chi connectivity index (χ1n) is 10.5.